The molecule has 2 atom stereocenters. The summed E-state index contributed by atoms with van der Waals surface area (Å²) in [7, 11) is 1.66. The Labute approximate surface area is 130 Å². The summed E-state index contributed by atoms with van der Waals surface area (Å²) >= 11 is 0. The molecule has 0 bridgehead atoms. The van der Waals surface area contributed by atoms with Gasteiger partial charge in [-0.25, -0.2) is 0 Å². The number of fused-ring (bicyclic) bond motifs is 1. The maximum atomic E-state index is 12.3. The molecule has 0 aliphatic carbocycles. The first-order valence-electron chi connectivity index (χ1n) is 7.69. The zero-order valence-electron chi connectivity index (χ0n) is 13.0. The molecule has 1 aliphatic heterocycles. The Morgan fingerprint density at radius 1 is 1.23 bits per heavy atom. The predicted molar refractivity (Wildman–Crippen MR) is 86.0 cm³/mol. The molecule has 0 amide bonds. The smallest absolute Gasteiger partial charge is 0.314 e. The van der Waals surface area contributed by atoms with Crippen molar-refractivity contribution in [2.24, 2.45) is 0 Å². The van der Waals surface area contributed by atoms with Crippen LogP contribution in [0.4, 0.5) is 0 Å². The van der Waals surface area contributed by atoms with E-state index in [0.717, 1.165) is 41.5 Å². The summed E-state index contributed by atoms with van der Waals surface area (Å²) in [6, 6.07) is 12.0. The Bertz CT molecular complexity index is 677. The van der Waals surface area contributed by atoms with Gasteiger partial charge in [0.2, 0.25) is 0 Å². The van der Waals surface area contributed by atoms with Gasteiger partial charge >= 0.3 is 5.97 Å². The number of esters is 1. The number of benzene rings is 2. The van der Waals surface area contributed by atoms with E-state index < -0.39 is 0 Å². The third-order valence-electron chi connectivity index (χ3n) is 4.20. The molecule has 2 aromatic rings. The minimum absolute atomic E-state index is 0.125. The van der Waals surface area contributed by atoms with Crippen molar-refractivity contribution in [3.05, 3.63) is 42.0 Å². The molecule has 3 rings (SSSR count). The quantitative estimate of drug-likeness (QED) is 0.881. The fourth-order valence-electron chi connectivity index (χ4n) is 2.77. The van der Waals surface area contributed by atoms with Gasteiger partial charge in [0.05, 0.1) is 13.0 Å². The van der Waals surface area contributed by atoms with Gasteiger partial charge in [0, 0.05) is 0 Å². The highest BCUT2D eigenvalue weighted by molar-refractivity contribution is 5.86. The summed E-state index contributed by atoms with van der Waals surface area (Å²) in [5, 5.41) is 5.37. The van der Waals surface area contributed by atoms with Crippen LogP contribution < -0.4 is 10.1 Å². The Morgan fingerprint density at radius 3 is 2.73 bits per heavy atom. The van der Waals surface area contributed by atoms with Crippen molar-refractivity contribution in [2.45, 2.75) is 31.9 Å². The Kier molecular flexibility index (Phi) is 4.29. The molecule has 1 fully saturated rings. The van der Waals surface area contributed by atoms with Crippen LogP contribution >= 0.6 is 0 Å². The second-order valence-electron chi connectivity index (χ2n) is 5.72. The molecule has 0 saturated carbocycles. The van der Waals surface area contributed by atoms with Gasteiger partial charge in [-0.15, -0.1) is 0 Å². The van der Waals surface area contributed by atoms with E-state index in [0.29, 0.717) is 0 Å². The predicted octanol–water partition coefficient (Wildman–Crippen LogP) is 3.20. The number of methoxy groups -OCH3 is 1. The first-order valence-corrected chi connectivity index (χ1v) is 7.69. The lowest BCUT2D eigenvalue weighted by Gasteiger charge is -2.17. The Morgan fingerprint density at radius 2 is 2.00 bits per heavy atom. The summed E-state index contributed by atoms with van der Waals surface area (Å²) < 4.78 is 10.7. The van der Waals surface area contributed by atoms with Gasteiger partial charge in [-0.3, -0.25) is 10.1 Å². The van der Waals surface area contributed by atoms with Gasteiger partial charge in [-0.1, -0.05) is 24.3 Å². The molecule has 1 N–H and O–H groups in total. The third kappa shape index (κ3) is 3.07. The zero-order valence-corrected chi connectivity index (χ0v) is 13.0. The van der Waals surface area contributed by atoms with Crippen molar-refractivity contribution in [3.8, 4) is 5.75 Å². The number of carbonyl (C=O) groups excluding carboxylic acids is 1. The van der Waals surface area contributed by atoms with Crippen molar-refractivity contribution in [3.63, 3.8) is 0 Å². The fourth-order valence-corrected chi connectivity index (χ4v) is 2.77. The standard InChI is InChI=1S/C18H21NO3/c1-12(18(20)22-17-4-3-9-19-17)13-5-6-15-11-16(21-2)8-7-14(15)10-13/h5-8,10-12,17,19H,3-4,9H2,1-2H3. The molecular weight excluding hydrogens is 278 g/mol. The fraction of sp³-hybridized carbons (Fsp3) is 0.389. The lowest BCUT2D eigenvalue weighted by atomic mass is 9.98. The number of ether oxygens (including phenoxy) is 2. The minimum Gasteiger partial charge on any atom is -0.497 e. The molecule has 1 aliphatic rings. The lowest BCUT2D eigenvalue weighted by molar-refractivity contribution is -0.151. The number of nitrogens with one attached hydrogen (secondary N) is 1. The highest BCUT2D eigenvalue weighted by Gasteiger charge is 2.23. The summed E-state index contributed by atoms with van der Waals surface area (Å²) in [6.07, 6.45) is 1.83. The first kappa shape index (κ1) is 14.9. The van der Waals surface area contributed by atoms with Crippen LogP contribution in [0.25, 0.3) is 10.8 Å². The Balaban J connectivity index is 1.78. The van der Waals surface area contributed by atoms with E-state index in [-0.39, 0.29) is 18.1 Å². The van der Waals surface area contributed by atoms with Crippen molar-refractivity contribution >= 4 is 16.7 Å². The van der Waals surface area contributed by atoms with Gasteiger partial charge in [0.25, 0.3) is 0 Å². The maximum absolute atomic E-state index is 12.3. The summed E-state index contributed by atoms with van der Waals surface area (Å²) in [5.74, 6) is 0.390. The minimum atomic E-state index is -0.270. The summed E-state index contributed by atoms with van der Waals surface area (Å²) in [5.41, 5.74) is 0.973. The van der Waals surface area contributed by atoms with Gasteiger partial charge < -0.3 is 9.47 Å². The molecule has 0 aromatic heterocycles. The highest BCUT2D eigenvalue weighted by Crippen LogP contribution is 2.26. The Hall–Kier alpha value is -2.07. The van der Waals surface area contributed by atoms with Crippen molar-refractivity contribution in [1.29, 1.82) is 0 Å². The molecule has 0 spiro atoms. The van der Waals surface area contributed by atoms with Gasteiger partial charge in [0.15, 0.2) is 6.23 Å². The molecule has 2 unspecified atom stereocenters. The molecule has 22 heavy (non-hydrogen) atoms. The van der Waals surface area contributed by atoms with E-state index in [1.54, 1.807) is 7.11 Å². The van der Waals surface area contributed by atoms with Crippen molar-refractivity contribution in [2.75, 3.05) is 13.7 Å². The topological polar surface area (TPSA) is 47.6 Å². The molecule has 116 valence electrons. The molecule has 1 saturated heterocycles. The van der Waals surface area contributed by atoms with Crippen LogP contribution in [0.15, 0.2) is 36.4 Å². The van der Waals surface area contributed by atoms with Crippen molar-refractivity contribution < 1.29 is 14.3 Å². The van der Waals surface area contributed by atoms with Crippen LogP contribution in [-0.4, -0.2) is 25.9 Å². The van der Waals surface area contributed by atoms with Gasteiger partial charge in [-0.05, 0) is 54.8 Å². The largest absolute Gasteiger partial charge is 0.497 e. The molecule has 4 nitrogen and oxygen atoms in total. The number of hydrogen-bond acceptors (Lipinski definition) is 4. The van der Waals surface area contributed by atoms with E-state index in [9.17, 15) is 4.79 Å². The average molecular weight is 299 g/mol. The molecule has 0 radical (unpaired) electrons. The SMILES string of the molecule is COc1ccc2cc(C(C)C(=O)OC3CCCN3)ccc2c1. The molecule has 1 heterocycles. The second kappa shape index (κ2) is 6.36. The summed E-state index contributed by atoms with van der Waals surface area (Å²) in [4.78, 5) is 12.3. The lowest BCUT2D eigenvalue weighted by Crippen LogP contribution is -2.29. The number of carbonyl (C=O) groups is 1. The van der Waals surface area contributed by atoms with Crippen LogP contribution in [0, 0.1) is 0 Å². The van der Waals surface area contributed by atoms with Crippen molar-refractivity contribution in [1.82, 2.24) is 5.32 Å². The zero-order chi connectivity index (χ0) is 15.5. The van der Waals surface area contributed by atoms with E-state index in [1.807, 2.05) is 43.3 Å². The van der Waals surface area contributed by atoms with Crippen LogP contribution in [0.3, 0.4) is 0 Å². The molecule has 2 aromatic carbocycles. The van der Waals surface area contributed by atoms with Crippen LogP contribution in [0.2, 0.25) is 0 Å². The van der Waals surface area contributed by atoms with Gasteiger partial charge in [0.1, 0.15) is 5.75 Å². The average Bonchev–Trinajstić information content (AvgIpc) is 3.06. The highest BCUT2D eigenvalue weighted by atomic mass is 16.6. The van der Waals surface area contributed by atoms with E-state index in [4.69, 9.17) is 9.47 Å². The summed E-state index contributed by atoms with van der Waals surface area (Å²) in [6.45, 7) is 2.81. The van der Waals surface area contributed by atoms with Crippen LogP contribution in [0.1, 0.15) is 31.2 Å². The van der Waals surface area contributed by atoms with Gasteiger partial charge in [-0.2, -0.15) is 0 Å². The third-order valence-corrected chi connectivity index (χ3v) is 4.20. The van der Waals surface area contributed by atoms with E-state index in [1.165, 1.54) is 0 Å². The number of rotatable bonds is 4. The second-order valence-corrected chi connectivity index (χ2v) is 5.72. The monoisotopic (exact) mass is 299 g/mol. The number of hydrogen-bond donors (Lipinski definition) is 1. The maximum Gasteiger partial charge on any atom is 0.314 e. The van der Waals surface area contributed by atoms with Crippen LogP contribution in [-0.2, 0) is 9.53 Å². The normalized spacial score (nSPS) is 19.1. The van der Waals surface area contributed by atoms with Crippen LogP contribution in [0.5, 0.6) is 5.75 Å². The first-order chi connectivity index (χ1) is 10.7. The van der Waals surface area contributed by atoms with E-state index >= 15 is 0 Å². The van der Waals surface area contributed by atoms with E-state index in [2.05, 4.69) is 5.32 Å². The molecule has 4 heteroatoms. The molecular formula is C18H21NO3.